The minimum atomic E-state index is -3.56. The molecule has 2 rings (SSSR count). The minimum absolute atomic E-state index is 0.0215. The molecule has 0 amide bonds. The van der Waals surface area contributed by atoms with E-state index in [9.17, 15) is 13.2 Å². The molecule has 0 aliphatic carbocycles. The van der Waals surface area contributed by atoms with Crippen LogP contribution in [0.15, 0.2) is 17.2 Å². The van der Waals surface area contributed by atoms with E-state index in [2.05, 4.69) is 9.72 Å². The Bertz CT molecular complexity index is 580. The summed E-state index contributed by atoms with van der Waals surface area (Å²) in [5.74, 6) is 0. The van der Waals surface area contributed by atoms with Crippen molar-refractivity contribution in [3.05, 3.63) is 23.4 Å². The predicted molar refractivity (Wildman–Crippen MR) is 72.4 cm³/mol. The number of rotatable bonds is 5. The maximum atomic E-state index is 12.6. The van der Waals surface area contributed by atoms with Crippen LogP contribution in [-0.2, 0) is 26.2 Å². The van der Waals surface area contributed by atoms with E-state index in [0.717, 1.165) is 19.3 Å². The van der Waals surface area contributed by atoms with Gasteiger partial charge in [-0.1, -0.05) is 12.5 Å². The van der Waals surface area contributed by atoms with Crippen molar-refractivity contribution >= 4 is 16.5 Å². The largest absolute Gasteiger partial charge is 0.461 e. The third-order valence-electron chi connectivity index (χ3n) is 3.31. The third kappa shape index (κ3) is 3.16. The minimum Gasteiger partial charge on any atom is -0.461 e. The Labute approximate surface area is 118 Å². The topological polar surface area (TPSA) is 76.6 Å². The van der Waals surface area contributed by atoms with E-state index in [-0.39, 0.29) is 11.6 Å². The van der Waals surface area contributed by atoms with Crippen molar-refractivity contribution in [3.63, 3.8) is 0 Å². The lowest BCUT2D eigenvalue weighted by Crippen LogP contribution is -2.36. The number of piperidine rings is 1. The highest BCUT2D eigenvalue weighted by Crippen LogP contribution is 2.22. The second-order valence-electron chi connectivity index (χ2n) is 4.80. The van der Waals surface area contributed by atoms with Crippen LogP contribution in [0.25, 0.3) is 0 Å². The molecule has 0 saturated carbocycles. The van der Waals surface area contributed by atoms with Crippen LogP contribution < -0.4 is 0 Å². The summed E-state index contributed by atoms with van der Waals surface area (Å²) in [6.45, 7) is 3.10. The first-order valence-electron chi connectivity index (χ1n) is 6.57. The van der Waals surface area contributed by atoms with Crippen LogP contribution in [0.2, 0.25) is 0 Å². The van der Waals surface area contributed by atoms with Crippen LogP contribution in [0.1, 0.15) is 30.5 Å². The van der Waals surface area contributed by atoms with E-state index < -0.39 is 10.0 Å². The Kier molecular flexibility index (Phi) is 4.72. The molecule has 1 saturated heterocycles. The lowest BCUT2D eigenvalue weighted by molar-refractivity contribution is -0.129. The van der Waals surface area contributed by atoms with E-state index in [4.69, 9.17) is 0 Å². The first-order valence-corrected chi connectivity index (χ1v) is 8.01. The molecule has 0 aromatic carbocycles. The quantitative estimate of drug-likeness (QED) is 0.764. The molecular weight excluding hydrogens is 280 g/mol. The molecular formula is C13H18N2O4S. The molecule has 1 aliphatic heterocycles. The summed E-state index contributed by atoms with van der Waals surface area (Å²) in [4.78, 5) is 14.3. The number of aromatic nitrogens is 1. The Morgan fingerprint density at radius 3 is 2.65 bits per heavy atom. The lowest BCUT2D eigenvalue weighted by atomic mass is 10.2. The number of carbonyl (C=O) groups is 1. The van der Waals surface area contributed by atoms with E-state index in [1.807, 2.05) is 0 Å². The van der Waals surface area contributed by atoms with Gasteiger partial charge in [-0.25, -0.2) is 13.4 Å². The first kappa shape index (κ1) is 14.9. The van der Waals surface area contributed by atoms with Gasteiger partial charge in [0.05, 0.1) is 5.69 Å². The molecule has 2 heterocycles. The molecule has 0 bridgehead atoms. The van der Waals surface area contributed by atoms with Gasteiger partial charge in [-0.2, -0.15) is 4.31 Å². The molecule has 0 radical (unpaired) electrons. The molecule has 0 unspecified atom stereocenters. The molecule has 7 heteroatoms. The molecule has 1 fully saturated rings. The molecule has 0 atom stereocenters. The summed E-state index contributed by atoms with van der Waals surface area (Å²) < 4.78 is 31.3. The average Bonchev–Trinajstić information content (AvgIpc) is 2.47. The molecule has 0 N–H and O–H groups in total. The summed E-state index contributed by atoms with van der Waals surface area (Å²) in [5, 5.41) is 0.0615. The first-order chi connectivity index (χ1) is 9.55. The van der Waals surface area contributed by atoms with Gasteiger partial charge in [0.1, 0.15) is 6.61 Å². The summed E-state index contributed by atoms with van der Waals surface area (Å²) in [6, 6.07) is 3.35. The highest BCUT2D eigenvalue weighted by molar-refractivity contribution is 7.89. The standard InChI is InChI=1S/C13H18N2O4S/c1-11-5-6-12(9-19-10-16)14-13(11)20(17,18)15-7-3-2-4-8-15/h5-6,10H,2-4,7-9H2,1H3. The van der Waals surface area contributed by atoms with Crippen LogP contribution in [0, 0.1) is 6.92 Å². The zero-order valence-corrected chi connectivity index (χ0v) is 12.2. The normalized spacial score (nSPS) is 16.9. The molecule has 6 nitrogen and oxygen atoms in total. The van der Waals surface area contributed by atoms with Crippen molar-refractivity contribution in [2.75, 3.05) is 13.1 Å². The van der Waals surface area contributed by atoms with Gasteiger partial charge < -0.3 is 4.74 Å². The van der Waals surface area contributed by atoms with Crippen LogP contribution in [0.4, 0.5) is 0 Å². The van der Waals surface area contributed by atoms with Crippen molar-refractivity contribution in [1.29, 1.82) is 0 Å². The Morgan fingerprint density at radius 2 is 2.00 bits per heavy atom. The summed E-state index contributed by atoms with van der Waals surface area (Å²) in [7, 11) is -3.56. The number of sulfonamides is 1. The summed E-state index contributed by atoms with van der Waals surface area (Å²) in [5.41, 5.74) is 1.03. The number of pyridine rings is 1. The number of aryl methyl sites for hydroxylation is 1. The summed E-state index contributed by atoms with van der Waals surface area (Å²) >= 11 is 0. The van der Waals surface area contributed by atoms with Gasteiger partial charge in [-0.3, -0.25) is 4.79 Å². The van der Waals surface area contributed by atoms with Gasteiger partial charge in [-0.05, 0) is 31.4 Å². The Hall–Kier alpha value is -1.47. The molecule has 0 spiro atoms. The lowest BCUT2D eigenvalue weighted by Gasteiger charge is -2.26. The number of nitrogens with zero attached hydrogens (tertiary/aromatic N) is 2. The maximum Gasteiger partial charge on any atom is 0.293 e. The van der Waals surface area contributed by atoms with E-state index in [1.54, 1.807) is 19.1 Å². The van der Waals surface area contributed by atoms with Crippen molar-refractivity contribution < 1.29 is 17.9 Å². The number of hydrogen-bond acceptors (Lipinski definition) is 5. The fraction of sp³-hybridized carbons (Fsp3) is 0.538. The smallest absolute Gasteiger partial charge is 0.293 e. The van der Waals surface area contributed by atoms with Crippen LogP contribution in [0.3, 0.4) is 0 Å². The van der Waals surface area contributed by atoms with Crippen molar-refractivity contribution in [3.8, 4) is 0 Å². The fourth-order valence-electron chi connectivity index (χ4n) is 2.24. The van der Waals surface area contributed by atoms with Gasteiger partial charge in [0.15, 0.2) is 5.03 Å². The van der Waals surface area contributed by atoms with Crippen LogP contribution >= 0.6 is 0 Å². The van der Waals surface area contributed by atoms with E-state index >= 15 is 0 Å². The van der Waals surface area contributed by atoms with E-state index in [1.165, 1.54) is 4.31 Å². The predicted octanol–water partition coefficient (Wildman–Crippen LogP) is 1.24. The maximum absolute atomic E-state index is 12.6. The van der Waals surface area contributed by atoms with Gasteiger partial charge in [0.2, 0.25) is 0 Å². The Balaban J connectivity index is 2.31. The van der Waals surface area contributed by atoms with Gasteiger partial charge in [0, 0.05) is 13.1 Å². The molecule has 1 aromatic heterocycles. The highest BCUT2D eigenvalue weighted by atomic mass is 32.2. The SMILES string of the molecule is Cc1ccc(COC=O)nc1S(=O)(=O)N1CCCCC1. The average molecular weight is 298 g/mol. The fourth-order valence-corrected chi connectivity index (χ4v) is 3.93. The van der Waals surface area contributed by atoms with Gasteiger partial charge in [-0.15, -0.1) is 0 Å². The van der Waals surface area contributed by atoms with E-state index in [0.29, 0.717) is 30.8 Å². The highest BCUT2D eigenvalue weighted by Gasteiger charge is 2.28. The zero-order valence-electron chi connectivity index (χ0n) is 11.4. The van der Waals surface area contributed by atoms with Gasteiger partial charge >= 0.3 is 0 Å². The molecule has 1 aromatic rings. The number of carbonyl (C=O) groups excluding carboxylic acids is 1. The summed E-state index contributed by atoms with van der Waals surface area (Å²) in [6.07, 6.45) is 2.82. The van der Waals surface area contributed by atoms with Crippen molar-refractivity contribution in [2.24, 2.45) is 0 Å². The monoisotopic (exact) mass is 298 g/mol. The van der Waals surface area contributed by atoms with Crippen molar-refractivity contribution in [1.82, 2.24) is 9.29 Å². The molecule has 20 heavy (non-hydrogen) atoms. The van der Waals surface area contributed by atoms with Crippen LogP contribution in [0.5, 0.6) is 0 Å². The second kappa shape index (κ2) is 6.32. The molecule has 110 valence electrons. The zero-order chi connectivity index (χ0) is 14.6. The Morgan fingerprint density at radius 1 is 1.30 bits per heavy atom. The second-order valence-corrected chi connectivity index (χ2v) is 6.65. The van der Waals surface area contributed by atoms with Gasteiger partial charge in [0.25, 0.3) is 16.5 Å². The third-order valence-corrected chi connectivity index (χ3v) is 5.25. The number of hydrogen-bond donors (Lipinski definition) is 0. The van der Waals surface area contributed by atoms with Crippen LogP contribution in [-0.4, -0.2) is 37.3 Å². The molecule has 1 aliphatic rings. The van der Waals surface area contributed by atoms with Crippen molar-refractivity contribution in [2.45, 2.75) is 37.8 Å². The number of ether oxygens (including phenoxy) is 1.